The van der Waals surface area contributed by atoms with Crippen molar-refractivity contribution in [3.63, 3.8) is 0 Å². The minimum absolute atomic E-state index is 0.0210. The number of nitrogens with one attached hydrogen (secondary N) is 1. The van der Waals surface area contributed by atoms with E-state index in [9.17, 15) is 4.79 Å². The monoisotopic (exact) mass is 387 g/mol. The largest absolute Gasteiger partial charge is 0.493 e. The number of fused-ring (bicyclic) bond motifs is 1. The maximum Gasteiger partial charge on any atom is 0.251 e. The molecule has 2 aromatic carbocycles. The molecule has 0 spiro atoms. The fourth-order valence-corrected chi connectivity index (χ4v) is 3.72. The number of hydrogen-bond donors (Lipinski definition) is 1. The van der Waals surface area contributed by atoms with Crippen molar-refractivity contribution >= 4 is 17.5 Å². The number of carbonyl (C=O) groups is 1. The summed E-state index contributed by atoms with van der Waals surface area (Å²) in [5.41, 5.74) is 2.99. The Bertz CT molecular complexity index is 806. The molecule has 1 N–H and O–H groups in total. The Morgan fingerprint density at radius 2 is 2.11 bits per heavy atom. The van der Waals surface area contributed by atoms with Gasteiger partial charge in [0.25, 0.3) is 5.91 Å². The summed E-state index contributed by atoms with van der Waals surface area (Å²) in [6, 6.07) is 11.7. The number of ether oxygens (including phenoxy) is 2. The Morgan fingerprint density at radius 1 is 1.30 bits per heavy atom. The van der Waals surface area contributed by atoms with Crippen molar-refractivity contribution in [2.24, 2.45) is 0 Å². The average Bonchev–Trinajstić information content (AvgIpc) is 2.69. The first-order chi connectivity index (χ1) is 13.1. The zero-order chi connectivity index (χ0) is 19.2. The third-order valence-electron chi connectivity index (χ3n) is 4.91. The summed E-state index contributed by atoms with van der Waals surface area (Å²) in [5, 5.41) is 3.54. The van der Waals surface area contributed by atoms with Crippen molar-refractivity contribution in [3.05, 3.63) is 58.1 Å². The minimum Gasteiger partial charge on any atom is -0.493 e. The minimum atomic E-state index is -0.156. The number of rotatable bonds is 7. The molecule has 2 aromatic rings. The second-order valence-electron chi connectivity index (χ2n) is 6.81. The molecule has 5 heteroatoms. The summed E-state index contributed by atoms with van der Waals surface area (Å²) in [6.07, 6.45) is 5.03. The van der Waals surface area contributed by atoms with Crippen LogP contribution in [0.1, 0.15) is 60.1 Å². The molecule has 0 aromatic heterocycles. The van der Waals surface area contributed by atoms with Gasteiger partial charge >= 0.3 is 0 Å². The van der Waals surface area contributed by atoms with E-state index >= 15 is 0 Å². The second-order valence-corrected chi connectivity index (χ2v) is 7.22. The van der Waals surface area contributed by atoms with Crippen LogP contribution in [0.15, 0.2) is 36.4 Å². The van der Waals surface area contributed by atoms with Crippen LogP contribution in [0.4, 0.5) is 0 Å². The Hall–Kier alpha value is -2.20. The van der Waals surface area contributed by atoms with Crippen LogP contribution in [0.5, 0.6) is 11.5 Å². The van der Waals surface area contributed by atoms with Gasteiger partial charge in [-0.2, -0.15) is 0 Å². The normalized spacial score (nSPS) is 15.7. The lowest BCUT2D eigenvalue weighted by Gasteiger charge is -2.26. The fourth-order valence-electron chi connectivity index (χ4n) is 3.46. The lowest BCUT2D eigenvalue weighted by molar-refractivity contribution is 0.0932. The van der Waals surface area contributed by atoms with E-state index < -0.39 is 0 Å². The van der Waals surface area contributed by atoms with E-state index in [0.29, 0.717) is 28.7 Å². The summed E-state index contributed by atoms with van der Waals surface area (Å²) in [6.45, 7) is 2.66. The quantitative estimate of drug-likeness (QED) is 0.652. The van der Waals surface area contributed by atoms with Gasteiger partial charge < -0.3 is 14.8 Å². The van der Waals surface area contributed by atoms with Crippen LogP contribution in [0.25, 0.3) is 0 Å². The maximum atomic E-state index is 12.8. The van der Waals surface area contributed by atoms with Crippen LogP contribution in [0, 0.1) is 0 Å². The molecule has 1 amide bonds. The van der Waals surface area contributed by atoms with Gasteiger partial charge in [0.05, 0.1) is 24.8 Å². The number of hydrogen-bond acceptors (Lipinski definition) is 3. The highest BCUT2D eigenvalue weighted by atomic mass is 35.5. The van der Waals surface area contributed by atoms with Gasteiger partial charge in [0.1, 0.15) is 0 Å². The Morgan fingerprint density at radius 3 is 2.89 bits per heavy atom. The second kappa shape index (κ2) is 9.14. The van der Waals surface area contributed by atoms with Gasteiger partial charge in [-0.15, -0.1) is 0 Å². The van der Waals surface area contributed by atoms with Crippen LogP contribution in [-0.2, 0) is 6.42 Å². The van der Waals surface area contributed by atoms with Crippen molar-refractivity contribution in [1.82, 2.24) is 5.32 Å². The highest BCUT2D eigenvalue weighted by molar-refractivity contribution is 6.32. The molecule has 4 nitrogen and oxygen atoms in total. The Labute approximate surface area is 165 Å². The van der Waals surface area contributed by atoms with E-state index in [0.717, 1.165) is 32.1 Å². The van der Waals surface area contributed by atoms with Crippen molar-refractivity contribution in [2.75, 3.05) is 13.7 Å². The summed E-state index contributed by atoms with van der Waals surface area (Å²) in [7, 11) is 1.55. The van der Waals surface area contributed by atoms with Crippen LogP contribution < -0.4 is 14.8 Å². The van der Waals surface area contributed by atoms with Crippen molar-refractivity contribution in [3.8, 4) is 11.5 Å². The number of carbonyl (C=O) groups excluding carboxylic acids is 1. The Kier molecular flexibility index (Phi) is 6.62. The van der Waals surface area contributed by atoms with Gasteiger partial charge in [0.2, 0.25) is 0 Å². The molecule has 144 valence electrons. The SMILES string of the molecule is CCCCOc1c(Cl)cc(C(=O)N[C@H]2CCCc3ccccc32)cc1OC. The van der Waals surface area contributed by atoms with Gasteiger partial charge in [-0.25, -0.2) is 0 Å². The summed E-state index contributed by atoms with van der Waals surface area (Å²) < 4.78 is 11.1. The standard InChI is InChI=1S/C22H26ClNO3/c1-3-4-12-27-21-18(23)13-16(14-20(21)26-2)22(25)24-19-11-7-9-15-8-5-6-10-17(15)19/h5-6,8,10,13-14,19H,3-4,7,9,11-12H2,1-2H3,(H,24,25)/t19-/m0/s1. The summed E-state index contributed by atoms with van der Waals surface area (Å²) >= 11 is 6.38. The molecular formula is C22H26ClNO3. The molecule has 0 saturated heterocycles. The van der Waals surface area contributed by atoms with Gasteiger partial charge in [-0.05, 0) is 48.9 Å². The highest BCUT2D eigenvalue weighted by Crippen LogP contribution is 2.37. The molecule has 0 bridgehead atoms. The molecule has 0 aliphatic heterocycles. The van der Waals surface area contributed by atoms with E-state index in [-0.39, 0.29) is 11.9 Å². The molecular weight excluding hydrogens is 362 g/mol. The molecule has 1 aliphatic carbocycles. The smallest absolute Gasteiger partial charge is 0.251 e. The topological polar surface area (TPSA) is 47.6 Å². The highest BCUT2D eigenvalue weighted by Gasteiger charge is 2.23. The third kappa shape index (κ3) is 4.56. The lowest BCUT2D eigenvalue weighted by Crippen LogP contribution is -2.31. The Balaban J connectivity index is 1.78. The first-order valence-electron chi connectivity index (χ1n) is 9.53. The van der Waals surface area contributed by atoms with Crippen LogP contribution in [0.2, 0.25) is 5.02 Å². The molecule has 0 heterocycles. The fraction of sp³-hybridized carbons (Fsp3) is 0.409. The first kappa shape index (κ1) is 19.6. The predicted octanol–water partition coefficient (Wildman–Crippen LogP) is 5.33. The van der Waals surface area contributed by atoms with Gasteiger partial charge in [-0.3, -0.25) is 4.79 Å². The van der Waals surface area contributed by atoms with Crippen molar-refractivity contribution < 1.29 is 14.3 Å². The number of methoxy groups -OCH3 is 1. The number of amides is 1. The van der Waals surface area contributed by atoms with Crippen LogP contribution in [0.3, 0.4) is 0 Å². The van der Waals surface area contributed by atoms with E-state index in [1.165, 1.54) is 11.1 Å². The van der Waals surface area contributed by atoms with E-state index in [2.05, 4.69) is 24.4 Å². The van der Waals surface area contributed by atoms with E-state index in [1.807, 2.05) is 12.1 Å². The molecule has 1 atom stereocenters. The average molecular weight is 388 g/mol. The van der Waals surface area contributed by atoms with E-state index in [1.54, 1.807) is 19.2 Å². The zero-order valence-electron chi connectivity index (χ0n) is 15.9. The summed E-state index contributed by atoms with van der Waals surface area (Å²) in [5.74, 6) is 0.817. The van der Waals surface area contributed by atoms with Crippen molar-refractivity contribution in [1.29, 1.82) is 0 Å². The molecule has 1 aliphatic rings. The van der Waals surface area contributed by atoms with Crippen LogP contribution >= 0.6 is 11.6 Å². The maximum absolute atomic E-state index is 12.8. The zero-order valence-corrected chi connectivity index (χ0v) is 16.6. The van der Waals surface area contributed by atoms with Gasteiger partial charge in [-0.1, -0.05) is 49.2 Å². The summed E-state index contributed by atoms with van der Waals surface area (Å²) in [4.78, 5) is 12.8. The molecule has 0 saturated carbocycles. The molecule has 0 fully saturated rings. The van der Waals surface area contributed by atoms with Crippen molar-refractivity contribution in [2.45, 2.75) is 45.1 Å². The van der Waals surface area contributed by atoms with E-state index in [4.69, 9.17) is 21.1 Å². The van der Waals surface area contributed by atoms with Gasteiger partial charge in [0, 0.05) is 5.56 Å². The van der Waals surface area contributed by atoms with Crippen LogP contribution in [-0.4, -0.2) is 19.6 Å². The third-order valence-corrected chi connectivity index (χ3v) is 5.19. The predicted molar refractivity (Wildman–Crippen MR) is 108 cm³/mol. The first-order valence-corrected chi connectivity index (χ1v) is 9.90. The number of aryl methyl sites for hydroxylation is 1. The molecule has 3 rings (SSSR count). The molecule has 0 radical (unpaired) electrons. The number of halogens is 1. The number of benzene rings is 2. The van der Waals surface area contributed by atoms with Gasteiger partial charge in [0.15, 0.2) is 11.5 Å². The molecule has 0 unspecified atom stereocenters. The molecule has 27 heavy (non-hydrogen) atoms. The lowest BCUT2D eigenvalue weighted by atomic mass is 9.87. The number of unbranched alkanes of at least 4 members (excludes halogenated alkanes) is 1.